The summed E-state index contributed by atoms with van der Waals surface area (Å²) in [5, 5.41) is 7.21. The molecule has 0 spiro atoms. The van der Waals surface area contributed by atoms with E-state index in [0.717, 1.165) is 70.7 Å². The highest BCUT2D eigenvalue weighted by atomic mass is 19.4. The zero-order chi connectivity index (χ0) is 26.8. The van der Waals surface area contributed by atoms with Gasteiger partial charge in [0, 0.05) is 57.2 Å². The van der Waals surface area contributed by atoms with Gasteiger partial charge in [-0.3, -0.25) is 9.78 Å². The van der Waals surface area contributed by atoms with Crippen molar-refractivity contribution in [2.45, 2.75) is 88.7 Å². The van der Waals surface area contributed by atoms with Crippen LogP contribution in [0.3, 0.4) is 0 Å². The van der Waals surface area contributed by atoms with E-state index in [1.54, 1.807) is 12.0 Å². The lowest BCUT2D eigenvalue weighted by Gasteiger charge is -2.39. The molecule has 0 aromatic carbocycles. The number of hydrogen-bond donors (Lipinski definition) is 2. The normalized spacial score (nSPS) is 30.8. The summed E-state index contributed by atoms with van der Waals surface area (Å²) in [6.07, 6.45) is 4.42. The van der Waals surface area contributed by atoms with Gasteiger partial charge >= 0.3 is 6.18 Å². The molecular formula is C28H41F3N4O3. The third-order valence-electron chi connectivity index (χ3n) is 9.26. The third kappa shape index (κ3) is 6.18. The predicted molar refractivity (Wildman–Crippen MR) is 136 cm³/mol. The van der Waals surface area contributed by atoms with Crippen LogP contribution in [0.5, 0.6) is 0 Å². The SMILES string of the molecule is COC1COCCC1NC1CCC(CCC2CCNCC2)(C(=O)N2CCc3ncc(C(F)(F)F)cc3C2)C1. The predicted octanol–water partition coefficient (Wildman–Crippen LogP) is 3.70. The summed E-state index contributed by atoms with van der Waals surface area (Å²) in [5.74, 6) is 0.719. The number of hydrogen-bond acceptors (Lipinski definition) is 6. The molecule has 1 aromatic rings. The molecule has 10 heteroatoms. The quantitative estimate of drug-likeness (QED) is 0.552. The van der Waals surface area contributed by atoms with Crippen molar-refractivity contribution in [3.05, 3.63) is 29.1 Å². The maximum Gasteiger partial charge on any atom is 0.417 e. The molecule has 1 saturated carbocycles. The first kappa shape index (κ1) is 27.8. The first-order valence-electron chi connectivity index (χ1n) is 14.2. The van der Waals surface area contributed by atoms with Crippen LogP contribution in [0.2, 0.25) is 0 Å². The highest BCUT2D eigenvalue weighted by molar-refractivity contribution is 5.83. The van der Waals surface area contributed by atoms with E-state index in [1.807, 2.05) is 0 Å². The van der Waals surface area contributed by atoms with Crippen LogP contribution in [0.4, 0.5) is 13.2 Å². The number of fused-ring (bicyclic) bond motifs is 1. The summed E-state index contributed by atoms with van der Waals surface area (Å²) < 4.78 is 51.2. The average molecular weight is 539 g/mol. The molecule has 0 bridgehead atoms. The van der Waals surface area contributed by atoms with Gasteiger partial charge in [-0.1, -0.05) is 0 Å². The van der Waals surface area contributed by atoms with E-state index in [-0.39, 0.29) is 30.6 Å². The summed E-state index contributed by atoms with van der Waals surface area (Å²) in [6, 6.07) is 1.59. The van der Waals surface area contributed by atoms with E-state index in [1.165, 1.54) is 6.07 Å². The molecular weight excluding hydrogens is 497 g/mol. The van der Waals surface area contributed by atoms with Gasteiger partial charge in [-0.15, -0.1) is 0 Å². The Morgan fingerprint density at radius 2 is 2.11 bits per heavy atom. The second-order valence-corrected chi connectivity index (χ2v) is 11.7. The van der Waals surface area contributed by atoms with Crippen LogP contribution in [0.25, 0.3) is 0 Å². The van der Waals surface area contributed by atoms with Crippen molar-refractivity contribution in [3.63, 3.8) is 0 Å². The Labute approximate surface area is 223 Å². The first-order chi connectivity index (χ1) is 18.3. The van der Waals surface area contributed by atoms with Gasteiger partial charge < -0.3 is 25.0 Å². The first-order valence-corrected chi connectivity index (χ1v) is 14.2. The second kappa shape index (κ2) is 11.8. The molecule has 212 valence electrons. The lowest BCUT2D eigenvalue weighted by Crippen LogP contribution is -2.51. The summed E-state index contributed by atoms with van der Waals surface area (Å²) in [5.41, 5.74) is -0.0452. The van der Waals surface area contributed by atoms with Crippen molar-refractivity contribution in [2.24, 2.45) is 11.3 Å². The van der Waals surface area contributed by atoms with Crippen LogP contribution in [0.1, 0.15) is 68.2 Å². The molecule has 1 amide bonds. The molecule has 0 radical (unpaired) electrons. The van der Waals surface area contributed by atoms with Crippen molar-refractivity contribution >= 4 is 5.91 Å². The van der Waals surface area contributed by atoms with E-state index in [4.69, 9.17) is 9.47 Å². The number of nitrogens with one attached hydrogen (secondary N) is 2. The number of pyridine rings is 1. The number of halogens is 3. The molecule has 1 aliphatic carbocycles. The minimum absolute atomic E-state index is 0.00175. The van der Waals surface area contributed by atoms with Crippen molar-refractivity contribution in [1.29, 1.82) is 0 Å². The van der Waals surface area contributed by atoms with Crippen molar-refractivity contribution in [2.75, 3.05) is 40.0 Å². The second-order valence-electron chi connectivity index (χ2n) is 11.7. The van der Waals surface area contributed by atoms with Crippen LogP contribution in [0, 0.1) is 11.3 Å². The van der Waals surface area contributed by atoms with Gasteiger partial charge in [0.25, 0.3) is 0 Å². The molecule has 2 saturated heterocycles. The molecule has 4 aliphatic rings. The van der Waals surface area contributed by atoms with Crippen molar-refractivity contribution < 1.29 is 27.4 Å². The number of nitrogens with zero attached hydrogens (tertiary/aromatic N) is 2. The fourth-order valence-electron chi connectivity index (χ4n) is 6.98. The number of aromatic nitrogens is 1. The van der Waals surface area contributed by atoms with Gasteiger partial charge in [-0.25, -0.2) is 0 Å². The molecule has 2 N–H and O–H groups in total. The Morgan fingerprint density at radius 3 is 2.87 bits per heavy atom. The molecule has 5 rings (SSSR count). The largest absolute Gasteiger partial charge is 0.417 e. The van der Waals surface area contributed by atoms with Crippen LogP contribution in [0.15, 0.2) is 12.3 Å². The van der Waals surface area contributed by atoms with E-state index in [9.17, 15) is 18.0 Å². The number of methoxy groups -OCH3 is 1. The number of alkyl halides is 3. The molecule has 4 heterocycles. The summed E-state index contributed by atoms with van der Waals surface area (Å²) in [4.78, 5) is 20.1. The van der Waals surface area contributed by atoms with Gasteiger partial charge in [0.05, 0.1) is 23.7 Å². The maximum atomic E-state index is 14.2. The highest BCUT2D eigenvalue weighted by Gasteiger charge is 2.48. The van der Waals surface area contributed by atoms with E-state index >= 15 is 0 Å². The number of piperidine rings is 1. The Morgan fingerprint density at radius 1 is 1.29 bits per heavy atom. The lowest BCUT2D eigenvalue weighted by molar-refractivity contribution is -0.144. The zero-order valence-electron chi connectivity index (χ0n) is 22.3. The van der Waals surface area contributed by atoms with Gasteiger partial charge in [0.15, 0.2) is 0 Å². The lowest BCUT2D eigenvalue weighted by atomic mass is 9.76. The topological polar surface area (TPSA) is 75.7 Å². The van der Waals surface area contributed by atoms with Crippen LogP contribution in [-0.2, 0) is 33.4 Å². The molecule has 38 heavy (non-hydrogen) atoms. The monoisotopic (exact) mass is 538 g/mol. The summed E-state index contributed by atoms with van der Waals surface area (Å²) in [7, 11) is 1.71. The molecule has 4 atom stereocenters. The Bertz CT molecular complexity index is 971. The number of amides is 1. The maximum absolute atomic E-state index is 14.2. The standard InChI is InChI=1S/C28H41F3N4O3/c1-37-25-18-38-13-7-24(25)34-22-3-9-27(15-22,8-2-19-4-10-32-11-5-19)26(36)35-12-6-23-20(17-35)14-21(16-33-23)28(29,30)31/h14,16,19,22,24-25,32,34H,2-13,15,17-18H2,1H3. The van der Waals surface area contributed by atoms with E-state index in [0.29, 0.717) is 43.4 Å². The van der Waals surface area contributed by atoms with Crippen LogP contribution < -0.4 is 10.6 Å². The van der Waals surface area contributed by atoms with Crippen molar-refractivity contribution in [1.82, 2.24) is 20.5 Å². The molecule has 1 aromatic heterocycles. The fraction of sp³-hybridized carbons (Fsp3) is 0.786. The number of rotatable bonds is 7. The fourth-order valence-corrected chi connectivity index (χ4v) is 6.98. The molecule has 7 nitrogen and oxygen atoms in total. The molecule has 3 aliphatic heterocycles. The summed E-state index contributed by atoms with van der Waals surface area (Å²) >= 11 is 0. The summed E-state index contributed by atoms with van der Waals surface area (Å²) in [6.45, 7) is 4.02. The van der Waals surface area contributed by atoms with Crippen LogP contribution >= 0.6 is 0 Å². The Kier molecular flexibility index (Phi) is 8.62. The number of carbonyl (C=O) groups excluding carboxylic acids is 1. The Balaban J connectivity index is 1.32. The zero-order valence-corrected chi connectivity index (χ0v) is 22.3. The average Bonchev–Trinajstić information content (AvgIpc) is 3.35. The highest BCUT2D eigenvalue weighted by Crippen LogP contribution is 2.46. The molecule has 3 fully saturated rings. The van der Waals surface area contributed by atoms with Gasteiger partial charge in [-0.05, 0) is 82.0 Å². The van der Waals surface area contributed by atoms with Gasteiger partial charge in [-0.2, -0.15) is 13.2 Å². The molecule has 4 unspecified atom stereocenters. The van der Waals surface area contributed by atoms with Gasteiger partial charge in [0.1, 0.15) is 0 Å². The smallest absolute Gasteiger partial charge is 0.379 e. The Hall–Kier alpha value is -1.75. The number of ether oxygens (including phenoxy) is 2. The van der Waals surface area contributed by atoms with E-state index < -0.39 is 17.2 Å². The number of carbonyl (C=O) groups is 1. The van der Waals surface area contributed by atoms with Crippen molar-refractivity contribution in [3.8, 4) is 0 Å². The third-order valence-corrected chi connectivity index (χ3v) is 9.26. The van der Waals surface area contributed by atoms with E-state index in [2.05, 4.69) is 15.6 Å². The van der Waals surface area contributed by atoms with Crippen LogP contribution in [-0.4, -0.2) is 73.9 Å². The minimum atomic E-state index is -4.45. The van der Waals surface area contributed by atoms with Gasteiger partial charge in [0.2, 0.25) is 5.91 Å². The minimum Gasteiger partial charge on any atom is -0.379 e.